The number of hydrogen-bond donors (Lipinski definition) is 1. The third kappa shape index (κ3) is 3.89. The third-order valence-electron chi connectivity index (χ3n) is 3.09. The number of pyridine rings is 1. The van der Waals surface area contributed by atoms with Crippen LogP contribution in [0.5, 0.6) is 0 Å². The maximum Gasteiger partial charge on any atom is 0.126 e. The Morgan fingerprint density at radius 3 is 3.06 bits per heavy atom. The molecule has 0 saturated carbocycles. The van der Waals surface area contributed by atoms with Crippen LogP contribution < -0.4 is 5.32 Å². The van der Waals surface area contributed by atoms with Crippen molar-refractivity contribution in [2.45, 2.75) is 32.1 Å². The number of nitrogens with one attached hydrogen (secondary N) is 1. The molecular formula is C14H23N3S. The second-order valence-corrected chi connectivity index (χ2v) is 7.20. The van der Waals surface area contributed by atoms with E-state index in [1.54, 1.807) is 0 Å². The first-order valence-electron chi connectivity index (χ1n) is 6.64. The van der Waals surface area contributed by atoms with Crippen LogP contribution in [-0.4, -0.2) is 40.0 Å². The van der Waals surface area contributed by atoms with Gasteiger partial charge in [-0.25, -0.2) is 4.98 Å². The quantitative estimate of drug-likeness (QED) is 0.906. The minimum absolute atomic E-state index is 0.385. The molecular weight excluding hydrogens is 242 g/mol. The summed E-state index contributed by atoms with van der Waals surface area (Å²) in [7, 11) is 0. The number of nitrogens with zero attached hydrogens (tertiary/aromatic N) is 2. The minimum Gasteiger partial charge on any atom is -0.370 e. The smallest absolute Gasteiger partial charge is 0.126 e. The summed E-state index contributed by atoms with van der Waals surface area (Å²) in [6, 6.07) is 4.29. The van der Waals surface area contributed by atoms with Crippen LogP contribution in [0, 0.1) is 0 Å². The molecule has 1 aliphatic rings. The highest BCUT2D eigenvalue weighted by Gasteiger charge is 2.26. The van der Waals surface area contributed by atoms with Crippen LogP contribution >= 0.6 is 11.8 Å². The first-order chi connectivity index (χ1) is 8.59. The Kier molecular flexibility index (Phi) is 4.51. The van der Waals surface area contributed by atoms with Crippen molar-refractivity contribution in [3.8, 4) is 0 Å². The molecule has 2 heterocycles. The third-order valence-corrected chi connectivity index (χ3v) is 4.39. The van der Waals surface area contributed by atoms with Gasteiger partial charge in [-0.05, 0) is 38.5 Å². The lowest BCUT2D eigenvalue weighted by molar-refractivity contribution is 0.252. The van der Waals surface area contributed by atoms with E-state index < -0.39 is 0 Å². The first-order valence-corrected chi connectivity index (χ1v) is 7.63. The van der Waals surface area contributed by atoms with Crippen molar-refractivity contribution in [1.29, 1.82) is 0 Å². The fraction of sp³-hybridized carbons (Fsp3) is 0.643. The van der Waals surface area contributed by atoms with Crippen LogP contribution in [0.4, 0.5) is 5.82 Å². The van der Waals surface area contributed by atoms with Crippen molar-refractivity contribution in [2.75, 3.05) is 30.7 Å². The summed E-state index contributed by atoms with van der Waals surface area (Å²) in [6.07, 6.45) is 1.90. The highest BCUT2D eigenvalue weighted by Crippen LogP contribution is 2.30. The van der Waals surface area contributed by atoms with E-state index in [0.717, 1.165) is 25.5 Å². The number of aromatic nitrogens is 1. The van der Waals surface area contributed by atoms with Gasteiger partial charge in [-0.3, -0.25) is 4.90 Å². The van der Waals surface area contributed by atoms with Crippen LogP contribution in [0.25, 0.3) is 0 Å². The second kappa shape index (κ2) is 5.93. The second-order valence-electron chi connectivity index (χ2n) is 5.40. The lowest BCUT2D eigenvalue weighted by atomic mass is 10.1. The molecule has 0 radical (unpaired) electrons. The van der Waals surface area contributed by atoms with Crippen LogP contribution in [0.2, 0.25) is 0 Å². The van der Waals surface area contributed by atoms with Gasteiger partial charge in [0.15, 0.2) is 0 Å². The summed E-state index contributed by atoms with van der Waals surface area (Å²) >= 11 is 2.08. The number of thioether (sulfide) groups is 1. The summed E-state index contributed by atoms with van der Waals surface area (Å²) in [5.41, 5.74) is 1.35. The zero-order chi connectivity index (χ0) is 13.0. The Morgan fingerprint density at radius 1 is 1.50 bits per heavy atom. The Balaban J connectivity index is 1.98. The number of rotatable bonds is 4. The molecule has 0 amide bonds. The monoisotopic (exact) mass is 265 g/mol. The van der Waals surface area contributed by atoms with Crippen molar-refractivity contribution in [2.24, 2.45) is 0 Å². The van der Waals surface area contributed by atoms with Gasteiger partial charge in [0.1, 0.15) is 5.82 Å². The van der Waals surface area contributed by atoms with Crippen LogP contribution in [-0.2, 0) is 6.54 Å². The summed E-state index contributed by atoms with van der Waals surface area (Å²) in [4.78, 5) is 6.86. The molecule has 2 rings (SSSR count). The highest BCUT2D eigenvalue weighted by atomic mass is 32.2. The first kappa shape index (κ1) is 13.7. The molecule has 1 N–H and O–H groups in total. The molecule has 0 bridgehead atoms. The molecule has 3 nitrogen and oxygen atoms in total. The predicted molar refractivity (Wildman–Crippen MR) is 80.2 cm³/mol. The van der Waals surface area contributed by atoms with Gasteiger partial charge in [-0.2, -0.15) is 11.8 Å². The highest BCUT2D eigenvalue weighted by molar-refractivity contribution is 8.00. The van der Waals surface area contributed by atoms with E-state index in [1.807, 2.05) is 6.20 Å². The molecule has 1 aromatic heterocycles. The maximum atomic E-state index is 4.32. The molecule has 1 aromatic rings. The Morgan fingerprint density at radius 2 is 2.33 bits per heavy atom. The molecule has 0 unspecified atom stereocenters. The summed E-state index contributed by atoms with van der Waals surface area (Å²) < 4.78 is 0.385. The Labute approximate surface area is 114 Å². The van der Waals surface area contributed by atoms with Gasteiger partial charge in [0.05, 0.1) is 0 Å². The summed E-state index contributed by atoms with van der Waals surface area (Å²) in [5.74, 6) is 2.22. The fourth-order valence-corrected chi connectivity index (χ4v) is 3.53. The molecule has 4 heteroatoms. The van der Waals surface area contributed by atoms with Crippen molar-refractivity contribution >= 4 is 17.6 Å². The van der Waals surface area contributed by atoms with E-state index >= 15 is 0 Å². The molecule has 0 spiro atoms. The summed E-state index contributed by atoms with van der Waals surface area (Å²) in [5, 5.41) is 3.27. The van der Waals surface area contributed by atoms with Gasteiger partial charge in [0.25, 0.3) is 0 Å². The lowest BCUT2D eigenvalue weighted by Gasteiger charge is -2.37. The molecule has 1 fully saturated rings. The maximum absolute atomic E-state index is 4.32. The normalized spacial score (nSPS) is 19.7. The Bertz CT molecular complexity index is 392. The van der Waals surface area contributed by atoms with Gasteiger partial charge in [0, 0.05) is 42.9 Å². The van der Waals surface area contributed by atoms with E-state index in [4.69, 9.17) is 0 Å². The van der Waals surface area contributed by atoms with Crippen molar-refractivity contribution in [1.82, 2.24) is 9.88 Å². The van der Waals surface area contributed by atoms with Gasteiger partial charge < -0.3 is 5.32 Å². The SMILES string of the molecule is CCNc1cc(CN2CCSC(C)(C)C2)ccn1. The summed E-state index contributed by atoms with van der Waals surface area (Å²) in [6.45, 7) is 11.1. The zero-order valence-corrected chi connectivity index (χ0v) is 12.4. The van der Waals surface area contributed by atoms with E-state index in [1.165, 1.54) is 17.9 Å². The molecule has 0 aliphatic carbocycles. The average Bonchev–Trinajstić information content (AvgIpc) is 2.28. The fourth-order valence-electron chi connectivity index (χ4n) is 2.36. The van der Waals surface area contributed by atoms with Crippen LogP contribution in [0.15, 0.2) is 18.3 Å². The van der Waals surface area contributed by atoms with Crippen molar-refractivity contribution in [3.63, 3.8) is 0 Å². The largest absolute Gasteiger partial charge is 0.370 e. The van der Waals surface area contributed by atoms with Gasteiger partial charge in [-0.15, -0.1) is 0 Å². The van der Waals surface area contributed by atoms with E-state index in [2.05, 4.69) is 59.9 Å². The van der Waals surface area contributed by atoms with Crippen LogP contribution in [0.3, 0.4) is 0 Å². The van der Waals surface area contributed by atoms with Crippen molar-refractivity contribution in [3.05, 3.63) is 23.9 Å². The molecule has 18 heavy (non-hydrogen) atoms. The van der Waals surface area contributed by atoms with E-state index in [0.29, 0.717) is 4.75 Å². The average molecular weight is 265 g/mol. The molecule has 1 saturated heterocycles. The molecule has 1 aliphatic heterocycles. The Hall–Kier alpha value is -0.740. The van der Waals surface area contributed by atoms with E-state index in [9.17, 15) is 0 Å². The van der Waals surface area contributed by atoms with Gasteiger partial charge in [0.2, 0.25) is 0 Å². The van der Waals surface area contributed by atoms with Gasteiger partial charge in [-0.1, -0.05) is 0 Å². The molecule has 0 atom stereocenters. The zero-order valence-electron chi connectivity index (χ0n) is 11.6. The number of anilines is 1. The minimum atomic E-state index is 0.385. The topological polar surface area (TPSA) is 28.2 Å². The standard InChI is InChI=1S/C14H23N3S/c1-4-15-13-9-12(5-6-16-13)10-17-7-8-18-14(2,3)11-17/h5-6,9H,4,7-8,10-11H2,1-3H3,(H,15,16). The number of hydrogen-bond acceptors (Lipinski definition) is 4. The van der Waals surface area contributed by atoms with Crippen molar-refractivity contribution < 1.29 is 0 Å². The van der Waals surface area contributed by atoms with Crippen LogP contribution in [0.1, 0.15) is 26.3 Å². The molecule has 100 valence electrons. The van der Waals surface area contributed by atoms with Gasteiger partial charge >= 0.3 is 0 Å². The lowest BCUT2D eigenvalue weighted by Crippen LogP contribution is -2.42. The predicted octanol–water partition coefficient (Wildman–Crippen LogP) is 2.84. The van der Waals surface area contributed by atoms with E-state index in [-0.39, 0.29) is 0 Å². The molecule has 0 aromatic carbocycles.